The van der Waals surface area contributed by atoms with Crippen LogP contribution in [0.15, 0.2) is 36.5 Å². The quantitative estimate of drug-likeness (QED) is 0.0147. The second-order valence-electron chi connectivity index (χ2n) is 17.0. The Balaban J connectivity index is 2.42. The van der Waals surface area contributed by atoms with Gasteiger partial charge in [0.05, 0.1) is 6.61 Å². The SMILES string of the molecule is CCCCC/C=C/C/C=C/CCCCCCCCCCCC(=O)OC[C@@H](COP(=O)(O)OC1C(O)C(O)C(O)[C@H](O)C1O)OC(=O)CCCCCCC/C=C/CCCCCCC. The lowest BCUT2D eigenvalue weighted by atomic mass is 9.85. The van der Waals surface area contributed by atoms with Crippen molar-refractivity contribution in [2.24, 2.45) is 0 Å². The molecular formula is C48H87O13P. The Labute approximate surface area is 374 Å². The smallest absolute Gasteiger partial charge is 0.462 e. The molecule has 6 unspecified atom stereocenters. The fourth-order valence-electron chi connectivity index (χ4n) is 7.25. The van der Waals surface area contributed by atoms with Gasteiger partial charge in [-0.2, -0.15) is 0 Å². The number of phosphoric ester groups is 1. The first-order valence-corrected chi connectivity index (χ1v) is 25.8. The normalized spacial score (nSPS) is 22.1. The number of rotatable bonds is 40. The Morgan fingerprint density at radius 2 is 0.871 bits per heavy atom. The fraction of sp³-hybridized carbons (Fsp3) is 0.833. The maximum absolute atomic E-state index is 12.8. The second kappa shape index (κ2) is 38.3. The van der Waals surface area contributed by atoms with Crippen LogP contribution in [0, 0.1) is 0 Å². The van der Waals surface area contributed by atoms with Gasteiger partial charge in [-0.25, -0.2) is 4.57 Å². The van der Waals surface area contributed by atoms with E-state index in [0.29, 0.717) is 12.8 Å². The number of allylic oxidation sites excluding steroid dienone is 6. The first-order chi connectivity index (χ1) is 29.9. The zero-order chi connectivity index (χ0) is 45.7. The highest BCUT2D eigenvalue weighted by Gasteiger charge is 2.51. The number of carbonyl (C=O) groups excluding carboxylic acids is 2. The summed E-state index contributed by atoms with van der Waals surface area (Å²) >= 11 is 0. The van der Waals surface area contributed by atoms with Gasteiger partial charge in [-0.05, 0) is 70.6 Å². The summed E-state index contributed by atoms with van der Waals surface area (Å²) in [5.41, 5.74) is 0. The zero-order valence-corrected chi connectivity index (χ0v) is 39.3. The molecule has 1 aliphatic rings. The van der Waals surface area contributed by atoms with Crippen LogP contribution in [-0.2, 0) is 32.7 Å². The van der Waals surface area contributed by atoms with Crippen molar-refractivity contribution in [1.29, 1.82) is 0 Å². The molecule has 0 aromatic carbocycles. The first kappa shape index (κ1) is 58.1. The minimum atomic E-state index is -5.12. The Morgan fingerprint density at radius 3 is 1.35 bits per heavy atom. The summed E-state index contributed by atoms with van der Waals surface area (Å²) in [6.45, 7) is 3.26. The Morgan fingerprint density at radius 1 is 0.500 bits per heavy atom. The van der Waals surface area contributed by atoms with Crippen LogP contribution in [0.2, 0.25) is 0 Å². The molecule has 0 radical (unpaired) electrons. The van der Waals surface area contributed by atoms with Gasteiger partial charge in [0.25, 0.3) is 0 Å². The average molecular weight is 903 g/mol. The van der Waals surface area contributed by atoms with Gasteiger partial charge in [0, 0.05) is 12.8 Å². The van der Waals surface area contributed by atoms with Crippen molar-refractivity contribution in [2.75, 3.05) is 13.2 Å². The molecule has 0 saturated heterocycles. The van der Waals surface area contributed by atoms with Crippen molar-refractivity contribution in [3.8, 4) is 0 Å². The number of unbranched alkanes of at least 4 members (excludes halogenated alkanes) is 22. The summed E-state index contributed by atoms with van der Waals surface area (Å²) in [6, 6.07) is 0. The minimum Gasteiger partial charge on any atom is -0.462 e. The van der Waals surface area contributed by atoms with E-state index in [2.05, 4.69) is 50.3 Å². The average Bonchev–Trinajstić information content (AvgIpc) is 3.25. The van der Waals surface area contributed by atoms with E-state index in [1.54, 1.807) is 0 Å². The van der Waals surface area contributed by atoms with E-state index in [1.165, 1.54) is 83.5 Å². The minimum absolute atomic E-state index is 0.0862. The molecule has 0 spiro atoms. The predicted molar refractivity (Wildman–Crippen MR) is 244 cm³/mol. The molecular weight excluding hydrogens is 815 g/mol. The van der Waals surface area contributed by atoms with Crippen LogP contribution in [-0.4, -0.2) is 98.3 Å². The highest BCUT2D eigenvalue weighted by Crippen LogP contribution is 2.47. The fourth-order valence-corrected chi connectivity index (χ4v) is 8.23. The van der Waals surface area contributed by atoms with Crippen LogP contribution >= 0.6 is 7.82 Å². The van der Waals surface area contributed by atoms with Crippen LogP contribution in [0.25, 0.3) is 0 Å². The van der Waals surface area contributed by atoms with E-state index in [9.17, 15) is 44.6 Å². The Hall–Kier alpha value is -1.93. The lowest BCUT2D eigenvalue weighted by Gasteiger charge is -2.41. The third-order valence-electron chi connectivity index (χ3n) is 11.2. The molecule has 0 aromatic heterocycles. The molecule has 6 N–H and O–H groups in total. The first-order valence-electron chi connectivity index (χ1n) is 24.3. The number of ether oxygens (including phenoxy) is 2. The molecule has 0 aliphatic heterocycles. The molecule has 1 saturated carbocycles. The summed E-state index contributed by atoms with van der Waals surface area (Å²) in [5, 5.41) is 50.2. The molecule has 13 nitrogen and oxygen atoms in total. The molecule has 0 amide bonds. The summed E-state index contributed by atoms with van der Waals surface area (Å²) in [6.07, 6.45) is 30.5. The Kier molecular flexibility index (Phi) is 35.9. The highest BCUT2D eigenvalue weighted by molar-refractivity contribution is 7.47. The molecule has 0 bridgehead atoms. The van der Waals surface area contributed by atoms with E-state index in [1.807, 2.05) is 0 Å². The van der Waals surface area contributed by atoms with Crippen molar-refractivity contribution in [1.82, 2.24) is 0 Å². The van der Waals surface area contributed by atoms with Crippen LogP contribution in [0.4, 0.5) is 0 Å². The third kappa shape index (κ3) is 30.3. The van der Waals surface area contributed by atoms with Gasteiger partial charge in [0.15, 0.2) is 6.10 Å². The maximum atomic E-state index is 12.8. The van der Waals surface area contributed by atoms with Gasteiger partial charge in [0.1, 0.15) is 43.2 Å². The van der Waals surface area contributed by atoms with E-state index < -0.39 is 75.7 Å². The molecule has 14 heteroatoms. The molecule has 8 atom stereocenters. The van der Waals surface area contributed by atoms with Crippen molar-refractivity contribution in [3.63, 3.8) is 0 Å². The van der Waals surface area contributed by atoms with Crippen molar-refractivity contribution in [2.45, 2.75) is 243 Å². The van der Waals surface area contributed by atoms with Crippen LogP contribution < -0.4 is 0 Å². The number of carbonyl (C=O) groups is 2. The number of hydrogen-bond donors (Lipinski definition) is 6. The van der Waals surface area contributed by atoms with Gasteiger partial charge in [-0.1, -0.05) is 153 Å². The monoisotopic (exact) mass is 903 g/mol. The summed E-state index contributed by atoms with van der Waals surface area (Å²) in [5.74, 6) is -1.11. The molecule has 362 valence electrons. The number of phosphoric acid groups is 1. The number of esters is 2. The predicted octanol–water partition coefficient (Wildman–Crippen LogP) is 9.78. The van der Waals surface area contributed by atoms with Crippen molar-refractivity contribution < 1.29 is 63.1 Å². The number of aliphatic hydroxyl groups is 5. The number of hydrogen-bond acceptors (Lipinski definition) is 12. The van der Waals surface area contributed by atoms with Gasteiger partial charge >= 0.3 is 19.8 Å². The second-order valence-corrected chi connectivity index (χ2v) is 18.4. The highest BCUT2D eigenvalue weighted by atomic mass is 31.2. The Bertz CT molecular complexity index is 1230. The molecule has 62 heavy (non-hydrogen) atoms. The van der Waals surface area contributed by atoms with E-state index in [4.69, 9.17) is 18.5 Å². The molecule has 0 heterocycles. The van der Waals surface area contributed by atoms with E-state index in [-0.39, 0.29) is 12.8 Å². The van der Waals surface area contributed by atoms with Gasteiger partial charge in [-0.3, -0.25) is 18.6 Å². The zero-order valence-electron chi connectivity index (χ0n) is 38.4. The van der Waals surface area contributed by atoms with Crippen molar-refractivity contribution >= 4 is 19.8 Å². The van der Waals surface area contributed by atoms with E-state index >= 15 is 0 Å². The molecule has 1 fully saturated rings. The van der Waals surface area contributed by atoms with Crippen LogP contribution in [0.3, 0.4) is 0 Å². The van der Waals surface area contributed by atoms with Crippen LogP contribution in [0.5, 0.6) is 0 Å². The largest absolute Gasteiger partial charge is 0.472 e. The molecule has 1 rings (SSSR count). The standard InChI is InChI=1S/C48H87O13P/c1-3-5-7-9-11-13-15-17-19-20-21-22-23-25-26-28-30-32-34-36-41(49)58-38-40(39-59-62(56,57)61-48-46(54)44(52)43(51)45(53)47(48)55)60-42(50)37-35-33-31-29-27-24-18-16-14-12-10-8-6-4-2/h11,13,16-19,40,43-48,51-55H,3-10,12,14-15,20-39H2,1-2H3,(H,56,57)/b13-11+,18-16+,19-17+/t40-,43?,44-,45?,46?,47?,48?/m0/s1. The molecule has 0 aromatic rings. The maximum Gasteiger partial charge on any atom is 0.472 e. The van der Waals surface area contributed by atoms with E-state index in [0.717, 1.165) is 77.0 Å². The van der Waals surface area contributed by atoms with Gasteiger partial charge in [0.2, 0.25) is 0 Å². The lowest BCUT2D eigenvalue weighted by molar-refractivity contribution is -0.220. The topological polar surface area (TPSA) is 210 Å². The summed E-state index contributed by atoms with van der Waals surface area (Å²) in [7, 11) is -5.12. The summed E-state index contributed by atoms with van der Waals surface area (Å²) < 4.78 is 33.6. The third-order valence-corrected chi connectivity index (χ3v) is 12.2. The van der Waals surface area contributed by atoms with Gasteiger partial charge < -0.3 is 39.9 Å². The van der Waals surface area contributed by atoms with Crippen molar-refractivity contribution in [3.05, 3.63) is 36.5 Å². The van der Waals surface area contributed by atoms with Gasteiger partial charge in [-0.15, -0.1) is 0 Å². The van der Waals surface area contributed by atoms with Crippen LogP contribution in [0.1, 0.15) is 200 Å². The lowest BCUT2D eigenvalue weighted by Crippen LogP contribution is -2.64. The summed E-state index contributed by atoms with van der Waals surface area (Å²) in [4.78, 5) is 35.7. The molecule has 1 aliphatic carbocycles. The number of aliphatic hydroxyl groups excluding tert-OH is 5.